The van der Waals surface area contributed by atoms with Crippen LogP contribution >= 0.6 is 0 Å². The average molecular weight is 370 g/mol. The molecule has 2 aliphatic rings. The van der Waals surface area contributed by atoms with E-state index in [4.69, 9.17) is 15.9 Å². The number of allylic oxidation sites excluding steroid dienone is 2. The summed E-state index contributed by atoms with van der Waals surface area (Å²) >= 11 is 0. The van der Waals surface area contributed by atoms with E-state index in [1.807, 2.05) is 24.3 Å². The monoisotopic (exact) mass is 370 g/mol. The Balaban J connectivity index is 1.63. The molecule has 1 aromatic carbocycles. The first-order chi connectivity index (χ1) is 12.8. The topological polar surface area (TPSA) is 100 Å². The molecule has 0 saturated carbocycles. The molecule has 6 heteroatoms. The predicted octanol–water partition coefficient (Wildman–Crippen LogP) is 3.64. The highest BCUT2D eigenvalue weighted by atomic mass is 16.5. The number of carbonyl (C=O) groups is 1. The lowest BCUT2D eigenvalue weighted by Gasteiger charge is -2.31. The van der Waals surface area contributed by atoms with Gasteiger partial charge in [0.2, 0.25) is 0 Å². The molecule has 1 heterocycles. The molecule has 27 heavy (non-hydrogen) atoms. The summed E-state index contributed by atoms with van der Waals surface area (Å²) in [4.78, 5) is 12.1. The highest BCUT2D eigenvalue weighted by Crippen LogP contribution is 2.37. The largest absolute Gasteiger partial charge is 0.402 e. The highest BCUT2D eigenvalue weighted by molar-refractivity contribution is 6.11. The van der Waals surface area contributed by atoms with Crippen LogP contribution in [0.15, 0.2) is 35.5 Å². The zero-order valence-electron chi connectivity index (χ0n) is 16.2. The Morgan fingerprint density at radius 2 is 2.22 bits per heavy atom. The zero-order valence-corrected chi connectivity index (χ0v) is 16.2. The smallest absolute Gasteiger partial charge is 0.319 e. The minimum absolute atomic E-state index is 0.194. The van der Waals surface area contributed by atoms with Crippen molar-refractivity contribution in [3.8, 4) is 0 Å². The molecule has 0 bridgehead atoms. The van der Waals surface area contributed by atoms with Crippen LogP contribution in [0.4, 0.5) is 10.5 Å². The lowest BCUT2D eigenvalue weighted by Crippen LogP contribution is -2.33. The van der Waals surface area contributed by atoms with Gasteiger partial charge in [0.25, 0.3) is 0 Å². The van der Waals surface area contributed by atoms with Crippen molar-refractivity contribution >= 4 is 17.4 Å². The Morgan fingerprint density at radius 3 is 2.93 bits per heavy atom. The number of amides is 2. The summed E-state index contributed by atoms with van der Waals surface area (Å²) in [7, 11) is 0. The summed E-state index contributed by atoms with van der Waals surface area (Å²) in [6.45, 7) is 6.51. The summed E-state index contributed by atoms with van der Waals surface area (Å²) in [5.41, 5.74) is 10.1. The van der Waals surface area contributed by atoms with Crippen LogP contribution in [-0.4, -0.2) is 31.5 Å². The minimum Gasteiger partial charge on any atom is -0.402 e. The van der Waals surface area contributed by atoms with Gasteiger partial charge in [-0.25, -0.2) is 4.79 Å². The van der Waals surface area contributed by atoms with Crippen LogP contribution in [0.1, 0.15) is 45.1 Å². The number of rotatable bonds is 5. The lowest BCUT2D eigenvalue weighted by atomic mass is 9.75. The third-order valence-corrected chi connectivity index (χ3v) is 5.39. The van der Waals surface area contributed by atoms with Gasteiger partial charge in [-0.2, -0.15) is 0 Å². The molecule has 6 nitrogen and oxygen atoms in total. The van der Waals surface area contributed by atoms with Gasteiger partial charge in [-0.05, 0) is 48.8 Å². The summed E-state index contributed by atoms with van der Waals surface area (Å²) in [6.07, 6.45) is 3.64. The van der Waals surface area contributed by atoms with E-state index in [1.54, 1.807) is 0 Å². The maximum absolute atomic E-state index is 12.1. The molecule has 1 aliphatic carbocycles. The molecule has 146 valence electrons. The Morgan fingerprint density at radius 1 is 1.41 bits per heavy atom. The molecular formula is C21H30N4O2. The van der Waals surface area contributed by atoms with Crippen molar-refractivity contribution in [1.82, 2.24) is 5.32 Å². The lowest BCUT2D eigenvalue weighted by molar-refractivity contribution is 0.185. The molecule has 0 radical (unpaired) electrons. The molecule has 1 unspecified atom stereocenters. The van der Waals surface area contributed by atoms with E-state index in [-0.39, 0.29) is 11.4 Å². The first-order valence-electron chi connectivity index (χ1n) is 9.63. The van der Waals surface area contributed by atoms with Gasteiger partial charge in [-0.1, -0.05) is 26.0 Å². The van der Waals surface area contributed by atoms with Gasteiger partial charge in [0, 0.05) is 36.0 Å². The number of nitrogens with two attached hydrogens (primary N) is 1. The van der Waals surface area contributed by atoms with Crippen molar-refractivity contribution < 1.29 is 9.53 Å². The fourth-order valence-electron chi connectivity index (χ4n) is 3.70. The maximum atomic E-state index is 12.1. The Labute approximate surface area is 161 Å². The van der Waals surface area contributed by atoms with Crippen LogP contribution in [0, 0.1) is 16.7 Å². The fraction of sp³-hybridized carbons (Fsp3) is 0.524. The minimum atomic E-state index is -0.233. The van der Waals surface area contributed by atoms with Crippen LogP contribution in [0.5, 0.6) is 0 Å². The number of urea groups is 1. The number of benzene rings is 1. The van der Waals surface area contributed by atoms with Gasteiger partial charge >= 0.3 is 6.03 Å². The van der Waals surface area contributed by atoms with Gasteiger partial charge in [-0.15, -0.1) is 0 Å². The second kappa shape index (κ2) is 8.13. The van der Waals surface area contributed by atoms with E-state index >= 15 is 0 Å². The van der Waals surface area contributed by atoms with Crippen LogP contribution in [0.2, 0.25) is 0 Å². The standard InChI is InChI=1S/C21H30N4O2/c1-21(2)8-6-17(18(22)11-21)19(23)15-4-3-5-16(10-15)25-20(26)24-12-14-7-9-27-13-14/h3-5,10,14,23H,6-9,11-13,22H2,1-2H3,(H2,24,25,26). The first-order valence-corrected chi connectivity index (χ1v) is 9.63. The van der Waals surface area contributed by atoms with Gasteiger partial charge in [-0.3, -0.25) is 5.41 Å². The number of carbonyl (C=O) groups excluding carboxylic acids is 1. The van der Waals surface area contributed by atoms with E-state index in [1.165, 1.54) is 0 Å². The molecule has 3 rings (SSSR count). The van der Waals surface area contributed by atoms with Gasteiger partial charge in [0.1, 0.15) is 0 Å². The summed E-state index contributed by atoms with van der Waals surface area (Å²) < 4.78 is 5.32. The van der Waals surface area contributed by atoms with E-state index in [9.17, 15) is 4.79 Å². The summed E-state index contributed by atoms with van der Waals surface area (Å²) in [5, 5.41) is 14.3. The zero-order chi connectivity index (χ0) is 19.4. The molecule has 2 amide bonds. The number of hydrogen-bond acceptors (Lipinski definition) is 4. The van der Waals surface area contributed by atoms with Crippen molar-refractivity contribution in [3.63, 3.8) is 0 Å². The van der Waals surface area contributed by atoms with Crippen molar-refractivity contribution in [2.24, 2.45) is 17.1 Å². The highest BCUT2D eigenvalue weighted by Gasteiger charge is 2.27. The normalized spacial score (nSPS) is 21.8. The van der Waals surface area contributed by atoms with Crippen LogP contribution < -0.4 is 16.4 Å². The Bertz CT molecular complexity index is 748. The fourth-order valence-corrected chi connectivity index (χ4v) is 3.70. The molecular weight excluding hydrogens is 340 g/mol. The third-order valence-electron chi connectivity index (χ3n) is 5.39. The molecule has 1 saturated heterocycles. The van der Waals surface area contributed by atoms with Crippen LogP contribution in [0.25, 0.3) is 0 Å². The van der Waals surface area contributed by atoms with Crippen molar-refractivity contribution in [2.45, 2.75) is 39.5 Å². The van der Waals surface area contributed by atoms with Crippen molar-refractivity contribution in [2.75, 3.05) is 25.1 Å². The van der Waals surface area contributed by atoms with E-state index < -0.39 is 0 Å². The van der Waals surface area contributed by atoms with Gasteiger partial charge in [0.15, 0.2) is 0 Å². The average Bonchev–Trinajstić information content (AvgIpc) is 3.12. The molecule has 1 atom stereocenters. The molecule has 5 N–H and O–H groups in total. The first kappa shape index (κ1) is 19.4. The van der Waals surface area contributed by atoms with E-state index in [0.717, 1.165) is 49.1 Å². The number of nitrogens with one attached hydrogen (secondary N) is 3. The molecule has 1 aliphatic heterocycles. The molecule has 1 aromatic rings. The van der Waals surface area contributed by atoms with Crippen LogP contribution in [0.3, 0.4) is 0 Å². The molecule has 0 spiro atoms. The SMILES string of the molecule is CC1(C)CCC(C(=N)c2cccc(NC(=O)NCC3CCOC3)c2)=C(N)C1. The number of anilines is 1. The maximum Gasteiger partial charge on any atom is 0.319 e. The van der Waals surface area contributed by atoms with E-state index in [0.29, 0.717) is 30.5 Å². The second-order valence-corrected chi connectivity index (χ2v) is 8.37. The Hall–Kier alpha value is -2.34. The summed E-state index contributed by atoms with van der Waals surface area (Å²) in [5.74, 6) is 0.390. The van der Waals surface area contributed by atoms with E-state index in [2.05, 4.69) is 24.5 Å². The molecule has 0 aromatic heterocycles. The van der Waals surface area contributed by atoms with Crippen LogP contribution in [-0.2, 0) is 4.74 Å². The van der Waals surface area contributed by atoms with Gasteiger partial charge in [0.05, 0.1) is 12.3 Å². The Kier molecular flexibility index (Phi) is 5.85. The molecule has 1 fully saturated rings. The second-order valence-electron chi connectivity index (χ2n) is 8.37. The quantitative estimate of drug-likeness (QED) is 0.595. The van der Waals surface area contributed by atoms with Crippen molar-refractivity contribution in [3.05, 3.63) is 41.1 Å². The number of ether oxygens (including phenoxy) is 1. The number of hydrogen-bond donors (Lipinski definition) is 4. The third kappa shape index (κ3) is 5.10. The summed E-state index contributed by atoms with van der Waals surface area (Å²) in [6, 6.07) is 7.18. The van der Waals surface area contributed by atoms with Gasteiger partial charge < -0.3 is 21.1 Å². The predicted molar refractivity (Wildman–Crippen MR) is 108 cm³/mol. The van der Waals surface area contributed by atoms with Crippen molar-refractivity contribution in [1.29, 1.82) is 5.41 Å².